The number of hydrogen-bond acceptors (Lipinski definition) is 2. The summed E-state index contributed by atoms with van der Waals surface area (Å²) in [5, 5.41) is 0.709. The van der Waals surface area contributed by atoms with Crippen molar-refractivity contribution in [1.82, 2.24) is 0 Å². The van der Waals surface area contributed by atoms with Crippen molar-refractivity contribution in [3.63, 3.8) is 0 Å². The molecule has 1 aliphatic heterocycles. The van der Waals surface area contributed by atoms with Gasteiger partial charge in [0.2, 0.25) is 0 Å². The maximum Gasteiger partial charge on any atom is 0.119 e. The minimum absolute atomic E-state index is 0.122. The van der Waals surface area contributed by atoms with Crippen LogP contribution >= 0.6 is 11.8 Å². The number of hydrogen-bond donors (Lipinski definition) is 0. The zero-order valence-electron chi connectivity index (χ0n) is 10.6. The lowest BCUT2D eigenvalue weighted by Gasteiger charge is -2.39. The van der Waals surface area contributed by atoms with Crippen molar-refractivity contribution in [2.75, 3.05) is 6.61 Å². The first-order valence-corrected chi connectivity index (χ1v) is 7.49. The van der Waals surface area contributed by atoms with Crippen molar-refractivity contribution in [1.29, 1.82) is 0 Å². The van der Waals surface area contributed by atoms with Crippen molar-refractivity contribution in [2.45, 2.75) is 62.6 Å². The first-order chi connectivity index (χ1) is 7.68. The van der Waals surface area contributed by atoms with Crippen LogP contribution in [-0.4, -0.2) is 16.8 Å². The predicted molar refractivity (Wildman–Crippen MR) is 71.7 cm³/mol. The average Bonchev–Trinajstić information content (AvgIpc) is 2.72. The maximum atomic E-state index is 6.21. The Kier molecular flexibility index (Phi) is 3.70. The van der Waals surface area contributed by atoms with Gasteiger partial charge in [0.15, 0.2) is 0 Å². The first kappa shape index (κ1) is 12.5. The van der Waals surface area contributed by atoms with Gasteiger partial charge >= 0.3 is 0 Å². The van der Waals surface area contributed by atoms with Crippen molar-refractivity contribution < 1.29 is 4.74 Å². The second-order valence-corrected chi connectivity index (χ2v) is 7.01. The number of thioether (sulfide) groups is 1. The Morgan fingerprint density at radius 1 is 1.44 bits per heavy atom. The van der Waals surface area contributed by atoms with Crippen LogP contribution in [0.15, 0.2) is 12.7 Å². The third kappa shape index (κ3) is 1.84. The van der Waals surface area contributed by atoms with Crippen LogP contribution in [0.2, 0.25) is 0 Å². The van der Waals surface area contributed by atoms with E-state index in [1.165, 1.54) is 32.1 Å². The summed E-state index contributed by atoms with van der Waals surface area (Å²) in [5.41, 5.74) is 0.406. The number of allylic oxidation sites excluding steroid dienone is 1. The molecule has 0 radical (unpaired) electrons. The van der Waals surface area contributed by atoms with Gasteiger partial charge in [0.25, 0.3) is 0 Å². The third-order valence-electron chi connectivity index (χ3n) is 4.39. The molecule has 1 nitrogen and oxygen atoms in total. The minimum atomic E-state index is 0.122. The summed E-state index contributed by atoms with van der Waals surface area (Å²) in [5.74, 6) is 0. The van der Waals surface area contributed by atoms with E-state index in [4.69, 9.17) is 4.74 Å². The summed E-state index contributed by atoms with van der Waals surface area (Å²) in [6.45, 7) is 9.50. The fourth-order valence-corrected chi connectivity index (χ4v) is 5.10. The number of rotatable bonds is 5. The minimum Gasteiger partial charge on any atom is -0.364 e. The molecule has 0 aromatic carbocycles. The summed E-state index contributed by atoms with van der Waals surface area (Å²) < 4.78 is 6.21. The second-order valence-electron chi connectivity index (χ2n) is 5.31. The van der Waals surface area contributed by atoms with Crippen LogP contribution in [0.1, 0.15) is 52.4 Å². The number of ether oxygens (including phenoxy) is 1. The van der Waals surface area contributed by atoms with Crippen LogP contribution in [0, 0.1) is 5.41 Å². The van der Waals surface area contributed by atoms with Gasteiger partial charge in [-0.15, -0.1) is 18.3 Å². The van der Waals surface area contributed by atoms with Crippen molar-refractivity contribution >= 4 is 11.8 Å². The van der Waals surface area contributed by atoms with Crippen LogP contribution in [0.25, 0.3) is 0 Å². The Morgan fingerprint density at radius 2 is 2.25 bits per heavy atom. The fraction of sp³-hybridized carbons (Fsp3) is 0.857. The van der Waals surface area contributed by atoms with Crippen LogP contribution in [0.4, 0.5) is 0 Å². The van der Waals surface area contributed by atoms with E-state index in [0.717, 1.165) is 13.0 Å². The summed E-state index contributed by atoms with van der Waals surface area (Å²) >= 11 is 2.09. The lowest BCUT2D eigenvalue weighted by atomic mass is 9.79. The van der Waals surface area contributed by atoms with Gasteiger partial charge in [0, 0.05) is 17.3 Å². The van der Waals surface area contributed by atoms with Gasteiger partial charge in [-0.25, -0.2) is 0 Å². The molecule has 1 aliphatic carbocycles. The first-order valence-electron chi connectivity index (χ1n) is 6.61. The zero-order chi connectivity index (χ0) is 11.6. The Hall–Kier alpha value is 0.0500. The van der Waals surface area contributed by atoms with Gasteiger partial charge in [0.05, 0.1) is 0 Å². The quantitative estimate of drug-likeness (QED) is 0.659. The molecule has 2 fully saturated rings. The molecule has 1 heterocycles. The summed E-state index contributed by atoms with van der Waals surface area (Å²) in [7, 11) is 0. The zero-order valence-corrected chi connectivity index (χ0v) is 11.4. The maximum absolute atomic E-state index is 6.21. The lowest BCUT2D eigenvalue weighted by Crippen LogP contribution is -2.38. The molecule has 0 aromatic rings. The molecule has 3 atom stereocenters. The molecule has 2 aliphatic rings. The Balaban J connectivity index is 2.18. The van der Waals surface area contributed by atoms with Crippen LogP contribution in [0.5, 0.6) is 0 Å². The van der Waals surface area contributed by atoms with Gasteiger partial charge in [0.1, 0.15) is 4.93 Å². The highest BCUT2D eigenvalue weighted by atomic mass is 32.2. The van der Waals surface area contributed by atoms with Crippen LogP contribution < -0.4 is 0 Å². The lowest BCUT2D eigenvalue weighted by molar-refractivity contribution is 0.0382. The molecule has 0 aromatic heterocycles. The third-order valence-corrected chi connectivity index (χ3v) is 6.26. The van der Waals surface area contributed by atoms with Crippen molar-refractivity contribution in [3.05, 3.63) is 12.7 Å². The van der Waals surface area contributed by atoms with Gasteiger partial charge in [-0.3, -0.25) is 0 Å². The summed E-state index contributed by atoms with van der Waals surface area (Å²) in [6, 6.07) is 0. The topological polar surface area (TPSA) is 9.23 Å². The molecule has 0 bridgehead atoms. The fourth-order valence-electron chi connectivity index (χ4n) is 3.33. The average molecular weight is 240 g/mol. The predicted octanol–water partition coefficient (Wildman–Crippen LogP) is 4.38. The normalized spacial score (nSPS) is 39.6. The van der Waals surface area contributed by atoms with Crippen LogP contribution in [0.3, 0.4) is 0 Å². The van der Waals surface area contributed by atoms with E-state index in [1.54, 1.807) is 0 Å². The Labute approximate surface area is 104 Å². The molecule has 3 unspecified atom stereocenters. The van der Waals surface area contributed by atoms with Gasteiger partial charge in [-0.05, 0) is 38.5 Å². The highest BCUT2D eigenvalue weighted by Crippen LogP contribution is 2.63. The standard InChI is InChI=1S/C14H24OS/c1-4-7-13-8-6-9-14(13,15-11-10-13)16-12(3)5-2/h4,12H,1,5-11H2,2-3H3. The van der Waals surface area contributed by atoms with Gasteiger partial charge < -0.3 is 4.74 Å². The summed E-state index contributed by atoms with van der Waals surface area (Å²) in [6.07, 6.45) is 9.63. The largest absolute Gasteiger partial charge is 0.364 e. The van der Waals surface area contributed by atoms with E-state index in [2.05, 4.69) is 38.3 Å². The highest BCUT2D eigenvalue weighted by molar-refractivity contribution is 8.01. The van der Waals surface area contributed by atoms with E-state index in [0.29, 0.717) is 10.7 Å². The molecule has 2 heteroatoms. The molecule has 0 amide bonds. The molecule has 0 N–H and O–H groups in total. The van der Waals surface area contributed by atoms with E-state index >= 15 is 0 Å². The van der Waals surface area contributed by atoms with E-state index in [9.17, 15) is 0 Å². The van der Waals surface area contributed by atoms with Crippen molar-refractivity contribution in [3.8, 4) is 0 Å². The highest BCUT2D eigenvalue weighted by Gasteiger charge is 2.59. The molecule has 16 heavy (non-hydrogen) atoms. The monoisotopic (exact) mass is 240 g/mol. The molecular formula is C14H24OS. The second kappa shape index (κ2) is 4.73. The van der Waals surface area contributed by atoms with Gasteiger partial charge in [-0.2, -0.15) is 0 Å². The molecule has 2 rings (SSSR count). The number of fused-ring (bicyclic) bond motifs is 1. The molecule has 92 valence electrons. The molecule has 0 spiro atoms. The Bertz CT molecular complexity index is 251. The Morgan fingerprint density at radius 3 is 2.94 bits per heavy atom. The SMILES string of the molecule is C=CCC12CCCC1(SC(C)CC)OCC2. The summed E-state index contributed by atoms with van der Waals surface area (Å²) in [4.78, 5) is 0.122. The van der Waals surface area contributed by atoms with E-state index in [-0.39, 0.29) is 4.93 Å². The van der Waals surface area contributed by atoms with E-state index in [1.807, 2.05) is 0 Å². The van der Waals surface area contributed by atoms with Crippen molar-refractivity contribution in [2.24, 2.45) is 5.41 Å². The smallest absolute Gasteiger partial charge is 0.119 e. The van der Waals surface area contributed by atoms with E-state index < -0.39 is 0 Å². The molecular weight excluding hydrogens is 216 g/mol. The van der Waals surface area contributed by atoms with Crippen LogP contribution in [-0.2, 0) is 4.74 Å². The molecule has 1 saturated heterocycles. The van der Waals surface area contributed by atoms with Gasteiger partial charge in [-0.1, -0.05) is 19.9 Å². The molecule has 1 saturated carbocycles.